The Morgan fingerprint density at radius 1 is 1.00 bits per heavy atom. The fraction of sp³-hybridized carbons (Fsp3) is 0.286. The summed E-state index contributed by atoms with van der Waals surface area (Å²) < 4.78 is 2.56. The lowest BCUT2D eigenvalue weighted by molar-refractivity contribution is 0.738. The monoisotopic (exact) mass is 244 g/mol. The fourth-order valence-electron chi connectivity index (χ4n) is 1.81. The first-order valence-corrected chi connectivity index (χ1v) is 5.89. The molecule has 4 heteroatoms. The van der Waals surface area contributed by atoms with Crippen LogP contribution in [0.2, 0.25) is 0 Å². The van der Waals surface area contributed by atoms with Crippen LogP contribution in [0.3, 0.4) is 0 Å². The van der Waals surface area contributed by atoms with Crippen molar-refractivity contribution in [2.75, 3.05) is 0 Å². The summed E-state index contributed by atoms with van der Waals surface area (Å²) in [6, 6.07) is 8.88. The van der Waals surface area contributed by atoms with Gasteiger partial charge in [0.2, 0.25) is 0 Å². The molecule has 0 fully saturated rings. The second kappa shape index (κ2) is 4.64. The quantitative estimate of drug-likeness (QED) is 0.806. The maximum absolute atomic E-state index is 11.9. The molecule has 0 N–H and O–H groups in total. The van der Waals surface area contributed by atoms with Gasteiger partial charge < -0.3 is 4.57 Å². The van der Waals surface area contributed by atoms with Gasteiger partial charge in [0, 0.05) is 19.3 Å². The highest BCUT2D eigenvalue weighted by Gasteiger charge is 2.06. The summed E-state index contributed by atoms with van der Waals surface area (Å²) in [4.78, 5) is 23.7. The van der Waals surface area contributed by atoms with Crippen LogP contribution in [-0.4, -0.2) is 9.13 Å². The van der Waals surface area contributed by atoms with Crippen LogP contribution in [0, 0.1) is 0 Å². The molecule has 0 saturated carbocycles. The highest BCUT2D eigenvalue weighted by molar-refractivity contribution is 5.35. The number of rotatable bonds is 2. The molecule has 4 nitrogen and oxygen atoms in total. The van der Waals surface area contributed by atoms with Crippen molar-refractivity contribution in [3.05, 3.63) is 62.9 Å². The molecule has 1 aromatic carbocycles. The molecular weight excluding hydrogens is 228 g/mol. The Morgan fingerprint density at radius 3 is 2.17 bits per heavy atom. The predicted molar refractivity (Wildman–Crippen MR) is 71.4 cm³/mol. The maximum Gasteiger partial charge on any atom is 0.335 e. The van der Waals surface area contributed by atoms with Crippen molar-refractivity contribution >= 4 is 0 Å². The summed E-state index contributed by atoms with van der Waals surface area (Å²) in [5.74, 6) is 0.425. The SMILES string of the molecule is CC(C)c1ccc(-n2c(=O)ccn(C)c2=O)cc1. The Labute approximate surface area is 105 Å². The molecule has 0 aliphatic carbocycles. The lowest BCUT2D eigenvalue weighted by Gasteiger charge is -2.09. The number of hydrogen-bond donors (Lipinski definition) is 0. The highest BCUT2D eigenvalue weighted by Crippen LogP contribution is 2.15. The van der Waals surface area contributed by atoms with E-state index < -0.39 is 0 Å². The van der Waals surface area contributed by atoms with Gasteiger partial charge in [0.05, 0.1) is 5.69 Å². The summed E-state index contributed by atoms with van der Waals surface area (Å²) in [5, 5.41) is 0. The molecule has 94 valence electrons. The summed E-state index contributed by atoms with van der Waals surface area (Å²) in [6.07, 6.45) is 1.48. The number of benzene rings is 1. The molecule has 0 amide bonds. The standard InChI is InChI=1S/C14H16N2O2/c1-10(2)11-4-6-12(7-5-11)16-13(17)8-9-15(3)14(16)18/h4-10H,1-3H3. The van der Waals surface area contributed by atoms with Crippen LogP contribution in [-0.2, 0) is 7.05 Å². The van der Waals surface area contributed by atoms with Crippen LogP contribution in [0.15, 0.2) is 46.1 Å². The fourth-order valence-corrected chi connectivity index (χ4v) is 1.81. The maximum atomic E-state index is 11.9. The number of aromatic nitrogens is 2. The zero-order chi connectivity index (χ0) is 13.3. The van der Waals surface area contributed by atoms with E-state index in [1.807, 2.05) is 12.1 Å². The third-order valence-electron chi connectivity index (χ3n) is 2.97. The molecule has 0 spiro atoms. The van der Waals surface area contributed by atoms with E-state index in [1.165, 1.54) is 27.0 Å². The van der Waals surface area contributed by atoms with Crippen LogP contribution >= 0.6 is 0 Å². The zero-order valence-electron chi connectivity index (χ0n) is 10.8. The van der Waals surface area contributed by atoms with Gasteiger partial charge in [-0.15, -0.1) is 0 Å². The van der Waals surface area contributed by atoms with Crippen LogP contribution in [0.4, 0.5) is 0 Å². The van der Waals surface area contributed by atoms with Gasteiger partial charge in [-0.05, 0) is 23.6 Å². The van der Waals surface area contributed by atoms with Gasteiger partial charge in [-0.3, -0.25) is 4.79 Å². The van der Waals surface area contributed by atoms with Gasteiger partial charge in [-0.25, -0.2) is 9.36 Å². The Morgan fingerprint density at radius 2 is 1.61 bits per heavy atom. The van der Waals surface area contributed by atoms with Crippen molar-refractivity contribution in [1.29, 1.82) is 0 Å². The first kappa shape index (κ1) is 12.4. The smallest absolute Gasteiger partial charge is 0.303 e. The molecule has 18 heavy (non-hydrogen) atoms. The van der Waals surface area contributed by atoms with E-state index in [1.54, 1.807) is 19.2 Å². The van der Waals surface area contributed by atoms with Gasteiger partial charge in [-0.1, -0.05) is 26.0 Å². The van der Waals surface area contributed by atoms with Crippen LogP contribution in [0.5, 0.6) is 0 Å². The molecule has 0 aliphatic heterocycles. The topological polar surface area (TPSA) is 44.0 Å². The second-order valence-electron chi connectivity index (χ2n) is 4.63. The largest absolute Gasteiger partial charge is 0.335 e. The number of aryl methyl sites for hydroxylation is 1. The average molecular weight is 244 g/mol. The van der Waals surface area contributed by atoms with E-state index in [0.29, 0.717) is 11.6 Å². The highest BCUT2D eigenvalue weighted by atomic mass is 16.2. The Balaban J connectivity index is 2.60. The first-order valence-electron chi connectivity index (χ1n) is 5.89. The minimum Gasteiger partial charge on any atom is -0.303 e. The van der Waals surface area contributed by atoms with Gasteiger partial charge in [-0.2, -0.15) is 0 Å². The van der Waals surface area contributed by atoms with Crippen molar-refractivity contribution < 1.29 is 0 Å². The van der Waals surface area contributed by atoms with E-state index >= 15 is 0 Å². The van der Waals surface area contributed by atoms with Gasteiger partial charge in [0.25, 0.3) is 5.56 Å². The van der Waals surface area contributed by atoms with Gasteiger partial charge >= 0.3 is 5.69 Å². The summed E-state index contributed by atoms with van der Waals surface area (Å²) in [5.41, 5.74) is 1.14. The molecule has 0 radical (unpaired) electrons. The zero-order valence-corrected chi connectivity index (χ0v) is 10.8. The van der Waals surface area contributed by atoms with E-state index in [4.69, 9.17) is 0 Å². The third kappa shape index (κ3) is 2.14. The molecule has 2 aromatic rings. The van der Waals surface area contributed by atoms with Crippen molar-refractivity contribution in [2.45, 2.75) is 19.8 Å². The lowest BCUT2D eigenvalue weighted by Crippen LogP contribution is -2.36. The van der Waals surface area contributed by atoms with E-state index in [0.717, 1.165) is 0 Å². The van der Waals surface area contributed by atoms with Crippen molar-refractivity contribution in [3.8, 4) is 5.69 Å². The van der Waals surface area contributed by atoms with Crippen molar-refractivity contribution in [1.82, 2.24) is 9.13 Å². The molecule has 0 unspecified atom stereocenters. The van der Waals surface area contributed by atoms with Crippen LogP contribution in [0.1, 0.15) is 25.3 Å². The van der Waals surface area contributed by atoms with E-state index in [9.17, 15) is 9.59 Å². The minimum absolute atomic E-state index is 0.310. The Hall–Kier alpha value is -2.10. The van der Waals surface area contributed by atoms with E-state index in [-0.39, 0.29) is 11.2 Å². The normalized spacial score (nSPS) is 10.9. The predicted octanol–water partition coefficient (Wildman–Crippen LogP) is 1.66. The third-order valence-corrected chi connectivity index (χ3v) is 2.97. The summed E-state index contributed by atoms with van der Waals surface area (Å²) in [7, 11) is 1.63. The summed E-state index contributed by atoms with van der Waals surface area (Å²) >= 11 is 0. The van der Waals surface area contributed by atoms with Gasteiger partial charge in [0.1, 0.15) is 0 Å². The van der Waals surface area contributed by atoms with Crippen LogP contribution in [0.25, 0.3) is 5.69 Å². The molecule has 1 aromatic heterocycles. The Bertz CT molecular complexity index is 663. The Kier molecular flexibility index (Phi) is 3.19. The van der Waals surface area contributed by atoms with Crippen molar-refractivity contribution in [2.24, 2.45) is 7.05 Å². The molecular formula is C14H16N2O2. The average Bonchev–Trinajstić information content (AvgIpc) is 2.35. The lowest BCUT2D eigenvalue weighted by atomic mass is 10.0. The first-order chi connectivity index (χ1) is 8.50. The molecule has 1 heterocycles. The summed E-state index contributed by atoms with van der Waals surface area (Å²) in [6.45, 7) is 4.20. The second-order valence-corrected chi connectivity index (χ2v) is 4.63. The molecule has 2 rings (SSSR count). The van der Waals surface area contributed by atoms with Crippen LogP contribution < -0.4 is 11.2 Å². The number of nitrogens with zero attached hydrogens (tertiary/aromatic N) is 2. The minimum atomic E-state index is -0.334. The number of hydrogen-bond acceptors (Lipinski definition) is 2. The van der Waals surface area contributed by atoms with Gasteiger partial charge in [0.15, 0.2) is 0 Å². The molecule has 0 aliphatic rings. The molecule has 0 bridgehead atoms. The molecule has 0 saturated heterocycles. The molecule has 0 atom stereocenters. The van der Waals surface area contributed by atoms with E-state index in [2.05, 4.69) is 13.8 Å². The van der Waals surface area contributed by atoms with Crippen molar-refractivity contribution in [3.63, 3.8) is 0 Å².